The van der Waals surface area contributed by atoms with Gasteiger partial charge in [0.1, 0.15) is 0 Å². The van der Waals surface area contributed by atoms with Gasteiger partial charge in [-0.1, -0.05) is 45.0 Å². The predicted octanol–water partition coefficient (Wildman–Crippen LogP) is 5.70. The van der Waals surface area contributed by atoms with Crippen molar-refractivity contribution < 1.29 is 23.1 Å². The topological polar surface area (TPSA) is 61.4 Å². The van der Waals surface area contributed by atoms with Crippen LogP contribution in [0.4, 0.5) is 29.3 Å². The average molecular weight is 366 g/mol. The second-order valence-corrected chi connectivity index (χ2v) is 6.99. The van der Waals surface area contributed by atoms with Crippen molar-refractivity contribution in [3.63, 3.8) is 0 Å². The molecule has 2 aromatic rings. The van der Waals surface area contributed by atoms with Crippen LogP contribution in [-0.4, -0.2) is 11.2 Å². The van der Waals surface area contributed by atoms with Gasteiger partial charge in [0.2, 0.25) is 0 Å². The number of amides is 1. The summed E-state index contributed by atoms with van der Waals surface area (Å²) < 4.78 is 39.4. The number of nitrogens with one attached hydrogen (secondary N) is 2. The fourth-order valence-corrected chi connectivity index (χ4v) is 2.44. The minimum atomic E-state index is -4.66. The SMILES string of the molecule is CC(C)(C)c1ccc(CNc2ccc(NC(=O)O)c(C(F)(F)F)c2)cc1. The summed E-state index contributed by atoms with van der Waals surface area (Å²) in [6.07, 6.45) is -6.21. The van der Waals surface area contributed by atoms with Crippen LogP contribution in [0.3, 0.4) is 0 Å². The molecule has 0 atom stereocenters. The monoisotopic (exact) mass is 366 g/mol. The normalized spacial score (nSPS) is 11.9. The van der Waals surface area contributed by atoms with Crippen LogP contribution in [0.25, 0.3) is 0 Å². The van der Waals surface area contributed by atoms with Crippen LogP contribution in [0, 0.1) is 0 Å². The first kappa shape index (κ1) is 19.6. The van der Waals surface area contributed by atoms with E-state index in [9.17, 15) is 18.0 Å². The van der Waals surface area contributed by atoms with Crippen LogP contribution < -0.4 is 10.6 Å². The van der Waals surface area contributed by atoms with Gasteiger partial charge in [0.15, 0.2) is 0 Å². The first-order valence-electron chi connectivity index (χ1n) is 8.01. The van der Waals surface area contributed by atoms with Crippen LogP contribution >= 0.6 is 0 Å². The second-order valence-electron chi connectivity index (χ2n) is 6.99. The number of halogens is 3. The molecule has 0 saturated carbocycles. The van der Waals surface area contributed by atoms with Gasteiger partial charge in [0, 0.05) is 12.2 Å². The fraction of sp³-hybridized carbons (Fsp3) is 0.316. The molecule has 3 N–H and O–H groups in total. The molecule has 2 rings (SSSR count). The molecule has 0 aliphatic carbocycles. The van der Waals surface area contributed by atoms with E-state index in [2.05, 4.69) is 26.1 Å². The molecule has 0 spiro atoms. The fourth-order valence-electron chi connectivity index (χ4n) is 2.44. The number of benzene rings is 2. The molecule has 0 aromatic heterocycles. The number of hydrogen-bond acceptors (Lipinski definition) is 2. The van der Waals surface area contributed by atoms with Crippen molar-refractivity contribution in [2.45, 2.75) is 38.9 Å². The first-order chi connectivity index (χ1) is 12.0. The Labute approximate surface area is 150 Å². The lowest BCUT2D eigenvalue weighted by molar-refractivity contribution is -0.136. The standard InChI is InChI=1S/C19H21F3N2O2/c1-18(2,3)13-6-4-12(5-7-13)11-23-14-8-9-16(24-17(25)26)15(10-14)19(20,21)22/h4-10,23-24H,11H2,1-3H3,(H,25,26). The Hall–Kier alpha value is -2.70. The smallest absolute Gasteiger partial charge is 0.418 e. The van der Waals surface area contributed by atoms with Gasteiger partial charge in [0.05, 0.1) is 11.3 Å². The minimum Gasteiger partial charge on any atom is -0.465 e. The largest absolute Gasteiger partial charge is 0.465 e. The van der Waals surface area contributed by atoms with E-state index in [4.69, 9.17) is 5.11 Å². The molecule has 0 radical (unpaired) electrons. The second kappa shape index (κ2) is 7.27. The Balaban J connectivity index is 2.16. The molecular formula is C19H21F3N2O2. The molecule has 0 unspecified atom stereocenters. The maximum absolute atomic E-state index is 13.1. The number of carboxylic acid groups (broad SMARTS) is 1. The molecule has 7 heteroatoms. The Morgan fingerprint density at radius 3 is 2.15 bits per heavy atom. The van der Waals surface area contributed by atoms with Crippen molar-refractivity contribution in [1.82, 2.24) is 0 Å². The summed E-state index contributed by atoms with van der Waals surface area (Å²) >= 11 is 0. The van der Waals surface area contributed by atoms with Gasteiger partial charge >= 0.3 is 12.3 Å². The summed E-state index contributed by atoms with van der Waals surface area (Å²) in [7, 11) is 0. The van der Waals surface area contributed by atoms with E-state index in [1.807, 2.05) is 24.3 Å². The van der Waals surface area contributed by atoms with Crippen LogP contribution in [-0.2, 0) is 18.1 Å². The van der Waals surface area contributed by atoms with E-state index in [1.165, 1.54) is 11.6 Å². The Kier molecular flexibility index (Phi) is 5.49. The van der Waals surface area contributed by atoms with E-state index in [-0.39, 0.29) is 11.1 Å². The molecule has 0 saturated heterocycles. The predicted molar refractivity (Wildman–Crippen MR) is 95.6 cm³/mol. The highest BCUT2D eigenvalue weighted by Crippen LogP contribution is 2.36. The summed E-state index contributed by atoms with van der Waals surface area (Å²) in [5.41, 5.74) is 0.857. The summed E-state index contributed by atoms with van der Waals surface area (Å²) in [4.78, 5) is 10.6. The molecule has 0 aliphatic rings. The molecule has 0 bridgehead atoms. The summed E-state index contributed by atoms with van der Waals surface area (Å²) in [6, 6.07) is 11.3. The van der Waals surface area contributed by atoms with E-state index < -0.39 is 23.5 Å². The van der Waals surface area contributed by atoms with Crippen molar-refractivity contribution in [2.75, 3.05) is 10.6 Å². The van der Waals surface area contributed by atoms with Crippen LogP contribution in [0.15, 0.2) is 42.5 Å². The van der Waals surface area contributed by atoms with Gasteiger partial charge in [-0.3, -0.25) is 5.32 Å². The van der Waals surface area contributed by atoms with E-state index in [1.54, 1.807) is 5.32 Å². The third-order valence-corrected chi connectivity index (χ3v) is 3.88. The number of rotatable bonds is 4. The summed E-state index contributed by atoms with van der Waals surface area (Å²) in [5.74, 6) is 0. The van der Waals surface area contributed by atoms with Gasteiger partial charge in [0.25, 0.3) is 0 Å². The third-order valence-electron chi connectivity index (χ3n) is 3.88. The quantitative estimate of drug-likeness (QED) is 0.650. The molecule has 140 valence electrons. The van der Waals surface area contributed by atoms with E-state index >= 15 is 0 Å². The zero-order valence-corrected chi connectivity index (χ0v) is 14.7. The van der Waals surface area contributed by atoms with Crippen molar-refractivity contribution >= 4 is 17.5 Å². The number of anilines is 2. The third kappa shape index (κ3) is 5.15. The highest BCUT2D eigenvalue weighted by Gasteiger charge is 2.34. The Bertz CT molecular complexity index is 779. The lowest BCUT2D eigenvalue weighted by Crippen LogP contribution is -2.15. The van der Waals surface area contributed by atoms with Gasteiger partial charge in [-0.25, -0.2) is 4.79 Å². The molecule has 2 aromatic carbocycles. The number of alkyl halides is 3. The molecule has 4 nitrogen and oxygen atoms in total. The Morgan fingerprint density at radius 1 is 1.04 bits per heavy atom. The van der Waals surface area contributed by atoms with Crippen LogP contribution in [0.5, 0.6) is 0 Å². The van der Waals surface area contributed by atoms with Crippen molar-refractivity contribution in [3.8, 4) is 0 Å². The molecule has 0 heterocycles. The first-order valence-corrected chi connectivity index (χ1v) is 8.01. The maximum atomic E-state index is 13.1. The summed E-state index contributed by atoms with van der Waals surface area (Å²) in [6.45, 7) is 6.66. The molecule has 0 fully saturated rings. The highest BCUT2D eigenvalue weighted by molar-refractivity contribution is 5.84. The molecule has 26 heavy (non-hydrogen) atoms. The zero-order valence-electron chi connectivity index (χ0n) is 14.7. The maximum Gasteiger partial charge on any atom is 0.418 e. The van der Waals surface area contributed by atoms with Crippen LogP contribution in [0.2, 0.25) is 0 Å². The summed E-state index contributed by atoms with van der Waals surface area (Å²) in [5, 5.41) is 13.4. The van der Waals surface area contributed by atoms with Gasteiger partial charge in [-0.15, -0.1) is 0 Å². The van der Waals surface area contributed by atoms with E-state index in [0.717, 1.165) is 17.7 Å². The molecule has 0 aliphatic heterocycles. The minimum absolute atomic E-state index is 0.0283. The van der Waals surface area contributed by atoms with Crippen molar-refractivity contribution in [3.05, 3.63) is 59.2 Å². The lowest BCUT2D eigenvalue weighted by Gasteiger charge is -2.19. The average Bonchev–Trinajstić information content (AvgIpc) is 2.52. The van der Waals surface area contributed by atoms with Crippen molar-refractivity contribution in [1.29, 1.82) is 0 Å². The molecule has 1 amide bonds. The van der Waals surface area contributed by atoms with Crippen molar-refractivity contribution in [2.24, 2.45) is 0 Å². The zero-order chi connectivity index (χ0) is 19.5. The number of carbonyl (C=O) groups is 1. The molecular weight excluding hydrogens is 345 g/mol. The highest BCUT2D eigenvalue weighted by atomic mass is 19.4. The van der Waals surface area contributed by atoms with Crippen LogP contribution in [0.1, 0.15) is 37.5 Å². The van der Waals surface area contributed by atoms with Gasteiger partial charge < -0.3 is 10.4 Å². The number of hydrogen-bond donors (Lipinski definition) is 3. The lowest BCUT2D eigenvalue weighted by atomic mass is 9.87. The van der Waals surface area contributed by atoms with E-state index in [0.29, 0.717) is 6.54 Å². The van der Waals surface area contributed by atoms with Gasteiger partial charge in [-0.2, -0.15) is 13.2 Å². The van der Waals surface area contributed by atoms with Gasteiger partial charge in [-0.05, 0) is 34.7 Å². The Morgan fingerprint density at radius 2 is 1.65 bits per heavy atom.